The lowest BCUT2D eigenvalue weighted by molar-refractivity contribution is -0.150. The van der Waals surface area contributed by atoms with Gasteiger partial charge in [-0.2, -0.15) is 0 Å². The third-order valence-electron chi connectivity index (χ3n) is 4.96. The van der Waals surface area contributed by atoms with Crippen LogP contribution in [0.4, 0.5) is 0 Å². The largest absolute Gasteiger partial charge is 0.451 e. The average Bonchev–Trinajstić information content (AvgIpc) is 3.34. The number of carbonyl (C=O) groups is 2. The summed E-state index contributed by atoms with van der Waals surface area (Å²) in [7, 11) is 0. The number of ether oxygens (including phenoxy) is 1. The van der Waals surface area contributed by atoms with Crippen LogP contribution in [0.2, 0.25) is 0 Å². The molecule has 1 N–H and O–H groups in total. The van der Waals surface area contributed by atoms with Gasteiger partial charge < -0.3 is 10.1 Å². The monoisotopic (exact) mass is 391 g/mol. The lowest BCUT2D eigenvalue weighted by Crippen LogP contribution is -2.45. The van der Waals surface area contributed by atoms with Crippen LogP contribution < -0.4 is 5.32 Å². The molecule has 1 amide bonds. The van der Waals surface area contributed by atoms with Crippen molar-refractivity contribution in [1.29, 1.82) is 0 Å². The summed E-state index contributed by atoms with van der Waals surface area (Å²) < 4.78 is 5.96. The minimum atomic E-state index is -0.713. The van der Waals surface area contributed by atoms with Gasteiger partial charge in [0.1, 0.15) is 6.04 Å². The highest BCUT2D eigenvalue weighted by atomic mass is 32.1. The number of nitrogens with one attached hydrogen (secondary N) is 1. The van der Waals surface area contributed by atoms with E-state index in [2.05, 4.69) is 5.32 Å². The first-order valence-electron chi connectivity index (χ1n) is 9.29. The number of fused-ring (bicyclic) bond motifs is 3. The van der Waals surface area contributed by atoms with E-state index in [1.807, 2.05) is 73.8 Å². The van der Waals surface area contributed by atoms with Gasteiger partial charge in [0.2, 0.25) is 0 Å². The van der Waals surface area contributed by atoms with E-state index in [0.717, 1.165) is 22.3 Å². The summed E-state index contributed by atoms with van der Waals surface area (Å²) in [5.74, 6) is -0.766. The van der Waals surface area contributed by atoms with Gasteiger partial charge >= 0.3 is 5.97 Å². The Morgan fingerprint density at radius 3 is 2.07 bits per heavy atom. The molecule has 1 aromatic heterocycles. The summed E-state index contributed by atoms with van der Waals surface area (Å²) in [6, 6.07) is 18.8. The summed E-state index contributed by atoms with van der Waals surface area (Å²) in [6.07, 6.45) is -0.459. The van der Waals surface area contributed by atoms with Crippen molar-refractivity contribution in [2.75, 3.05) is 0 Å². The van der Waals surface area contributed by atoms with Gasteiger partial charge in [-0.3, -0.25) is 4.79 Å². The molecule has 0 bridgehead atoms. The Bertz CT molecular complexity index is 965. The standard InChI is InChI=1S/C23H21NO3S/c1-14(2)20(24-22(25)19-12-7-13-28-19)23(26)27-21-17-10-5-3-8-15(17)16-9-4-6-11-18(16)21/h3-14,20-21H,1-2H3,(H,24,25)/t20-/m0/s1. The number of amides is 1. The molecule has 0 aliphatic heterocycles. The van der Waals surface area contributed by atoms with Crippen LogP contribution in [-0.2, 0) is 9.53 Å². The van der Waals surface area contributed by atoms with E-state index in [9.17, 15) is 9.59 Å². The van der Waals surface area contributed by atoms with Crippen molar-refractivity contribution in [2.45, 2.75) is 26.0 Å². The molecule has 0 unspecified atom stereocenters. The normalized spacial score (nSPS) is 13.7. The minimum absolute atomic E-state index is 0.0942. The molecule has 142 valence electrons. The third-order valence-corrected chi connectivity index (χ3v) is 5.83. The number of hydrogen-bond acceptors (Lipinski definition) is 4. The van der Waals surface area contributed by atoms with E-state index in [1.54, 1.807) is 6.07 Å². The number of thiophene rings is 1. The predicted molar refractivity (Wildman–Crippen MR) is 110 cm³/mol. The van der Waals surface area contributed by atoms with Gasteiger partial charge in [0.05, 0.1) is 4.88 Å². The minimum Gasteiger partial charge on any atom is -0.451 e. The Labute approximate surface area is 168 Å². The Hall–Kier alpha value is -2.92. The summed E-state index contributed by atoms with van der Waals surface area (Å²) in [6.45, 7) is 3.80. The van der Waals surface area contributed by atoms with Crippen LogP contribution in [0.15, 0.2) is 66.0 Å². The highest BCUT2D eigenvalue weighted by Crippen LogP contribution is 2.45. The van der Waals surface area contributed by atoms with Crippen molar-refractivity contribution < 1.29 is 14.3 Å². The molecule has 1 aliphatic carbocycles. The van der Waals surface area contributed by atoms with Gasteiger partial charge in [-0.05, 0) is 28.5 Å². The zero-order valence-corrected chi connectivity index (χ0v) is 16.5. The summed E-state index contributed by atoms with van der Waals surface area (Å²) >= 11 is 1.35. The highest BCUT2D eigenvalue weighted by Gasteiger charge is 2.34. The van der Waals surface area contributed by atoms with Gasteiger partial charge in [-0.25, -0.2) is 4.79 Å². The smallest absolute Gasteiger partial charge is 0.329 e. The number of carbonyl (C=O) groups excluding carboxylic acids is 2. The Morgan fingerprint density at radius 2 is 1.54 bits per heavy atom. The van der Waals surface area contributed by atoms with E-state index in [4.69, 9.17) is 4.74 Å². The van der Waals surface area contributed by atoms with Crippen molar-refractivity contribution in [3.05, 3.63) is 82.0 Å². The van der Waals surface area contributed by atoms with Crippen molar-refractivity contribution in [3.63, 3.8) is 0 Å². The lowest BCUT2D eigenvalue weighted by atomic mass is 10.0. The Morgan fingerprint density at radius 1 is 0.929 bits per heavy atom. The predicted octanol–water partition coefficient (Wildman–Crippen LogP) is 4.82. The molecular weight excluding hydrogens is 370 g/mol. The maximum atomic E-state index is 13.0. The molecule has 0 saturated heterocycles. The fraction of sp³-hybridized carbons (Fsp3) is 0.217. The second-order valence-electron chi connectivity index (χ2n) is 7.16. The van der Waals surface area contributed by atoms with Crippen molar-refractivity contribution >= 4 is 23.2 Å². The molecule has 4 rings (SSSR count). The van der Waals surface area contributed by atoms with E-state index in [0.29, 0.717) is 4.88 Å². The first-order chi connectivity index (χ1) is 13.6. The number of esters is 1. The average molecular weight is 391 g/mol. The molecular formula is C23H21NO3S. The number of benzene rings is 2. The van der Waals surface area contributed by atoms with Gasteiger partial charge in [0.25, 0.3) is 5.91 Å². The topological polar surface area (TPSA) is 55.4 Å². The molecule has 5 heteroatoms. The second-order valence-corrected chi connectivity index (χ2v) is 8.11. The second kappa shape index (κ2) is 7.60. The first-order valence-corrected chi connectivity index (χ1v) is 10.2. The van der Waals surface area contributed by atoms with Crippen LogP contribution in [0.5, 0.6) is 0 Å². The Balaban J connectivity index is 1.59. The molecule has 0 saturated carbocycles. The van der Waals surface area contributed by atoms with Crippen LogP contribution in [0.3, 0.4) is 0 Å². The highest BCUT2D eigenvalue weighted by molar-refractivity contribution is 7.12. The summed E-state index contributed by atoms with van der Waals surface area (Å²) in [4.78, 5) is 26.1. The first kappa shape index (κ1) is 18.4. The molecule has 3 aromatic rings. The van der Waals surface area contributed by atoms with E-state index in [-0.39, 0.29) is 11.8 Å². The zero-order chi connectivity index (χ0) is 19.7. The third kappa shape index (κ3) is 3.34. The molecule has 1 atom stereocenters. The summed E-state index contributed by atoms with van der Waals surface area (Å²) in [5.41, 5.74) is 4.12. The summed E-state index contributed by atoms with van der Waals surface area (Å²) in [5, 5.41) is 4.67. The molecule has 0 radical (unpaired) electrons. The molecule has 4 nitrogen and oxygen atoms in total. The fourth-order valence-electron chi connectivity index (χ4n) is 3.54. The van der Waals surface area contributed by atoms with E-state index < -0.39 is 18.1 Å². The van der Waals surface area contributed by atoms with E-state index in [1.165, 1.54) is 11.3 Å². The number of hydrogen-bond donors (Lipinski definition) is 1. The maximum absolute atomic E-state index is 13.0. The van der Waals surface area contributed by atoms with Crippen LogP contribution in [-0.4, -0.2) is 17.9 Å². The fourth-order valence-corrected chi connectivity index (χ4v) is 4.17. The molecule has 1 heterocycles. The quantitative estimate of drug-likeness (QED) is 0.635. The molecule has 0 fully saturated rings. The van der Waals surface area contributed by atoms with Gasteiger partial charge in [-0.1, -0.05) is 68.4 Å². The SMILES string of the molecule is CC(C)[C@H](NC(=O)c1cccs1)C(=O)OC1c2ccccc2-c2ccccc21. The van der Waals surface area contributed by atoms with Crippen LogP contribution in [0.25, 0.3) is 11.1 Å². The molecule has 28 heavy (non-hydrogen) atoms. The van der Waals surface area contributed by atoms with Gasteiger partial charge in [0.15, 0.2) is 6.10 Å². The Kier molecular flexibility index (Phi) is 5.01. The molecule has 1 aliphatic rings. The number of rotatable bonds is 5. The van der Waals surface area contributed by atoms with Crippen molar-refractivity contribution in [1.82, 2.24) is 5.32 Å². The molecule has 2 aromatic carbocycles. The van der Waals surface area contributed by atoms with Crippen LogP contribution in [0, 0.1) is 5.92 Å². The zero-order valence-electron chi connectivity index (χ0n) is 15.7. The van der Waals surface area contributed by atoms with E-state index >= 15 is 0 Å². The van der Waals surface area contributed by atoms with Crippen LogP contribution >= 0.6 is 11.3 Å². The van der Waals surface area contributed by atoms with Crippen molar-refractivity contribution in [2.24, 2.45) is 5.92 Å². The van der Waals surface area contributed by atoms with Gasteiger partial charge in [-0.15, -0.1) is 11.3 Å². The van der Waals surface area contributed by atoms with Crippen molar-refractivity contribution in [3.8, 4) is 11.1 Å². The lowest BCUT2D eigenvalue weighted by Gasteiger charge is -2.23. The molecule has 0 spiro atoms. The van der Waals surface area contributed by atoms with Crippen LogP contribution in [0.1, 0.15) is 40.8 Å². The maximum Gasteiger partial charge on any atom is 0.329 e. The van der Waals surface area contributed by atoms with Gasteiger partial charge in [0, 0.05) is 11.1 Å².